The SMILES string of the molecule is CCN1CCCC(CC2NC(C)CO2)C1.Cl. The van der Waals surface area contributed by atoms with Gasteiger partial charge in [0.15, 0.2) is 0 Å². The smallest absolute Gasteiger partial charge is 0.108 e. The summed E-state index contributed by atoms with van der Waals surface area (Å²) in [4.78, 5) is 2.56. The molecule has 3 nitrogen and oxygen atoms in total. The van der Waals surface area contributed by atoms with Crippen molar-refractivity contribution in [3.8, 4) is 0 Å². The summed E-state index contributed by atoms with van der Waals surface area (Å²) in [6, 6.07) is 0.542. The number of rotatable bonds is 3. The third-order valence-corrected chi connectivity index (χ3v) is 3.62. The first-order valence-electron chi connectivity index (χ1n) is 6.38. The van der Waals surface area contributed by atoms with Crippen LogP contribution in [-0.2, 0) is 4.74 Å². The maximum Gasteiger partial charge on any atom is 0.108 e. The number of hydrogen-bond donors (Lipinski definition) is 1. The second-order valence-electron chi connectivity index (χ2n) is 5.03. The van der Waals surface area contributed by atoms with Crippen LogP contribution in [0, 0.1) is 5.92 Å². The highest BCUT2D eigenvalue weighted by molar-refractivity contribution is 5.85. The molecule has 0 radical (unpaired) electrons. The molecule has 2 aliphatic heterocycles. The summed E-state index contributed by atoms with van der Waals surface area (Å²) in [7, 11) is 0. The summed E-state index contributed by atoms with van der Waals surface area (Å²) in [5.41, 5.74) is 0. The number of likely N-dealkylation sites (tertiary alicyclic amines) is 1. The number of piperidine rings is 1. The molecule has 0 aromatic heterocycles. The maximum atomic E-state index is 5.71. The first kappa shape index (κ1) is 14.2. The molecule has 3 atom stereocenters. The lowest BCUT2D eigenvalue weighted by molar-refractivity contribution is 0.0610. The number of nitrogens with zero attached hydrogens (tertiary/aromatic N) is 1. The molecule has 0 amide bonds. The van der Waals surface area contributed by atoms with Crippen LogP contribution in [0.5, 0.6) is 0 Å². The largest absolute Gasteiger partial charge is 0.362 e. The summed E-state index contributed by atoms with van der Waals surface area (Å²) in [5.74, 6) is 0.835. The molecule has 4 heteroatoms. The Hall–Kier alpha value is 0.170. The molecule has 0 aromatic rings. The van der Waals surface area contributed by atoms with E-state index in [2.05, 4.69) is 24.1 Å². The van der Waals surface area contributed by atoms with Crippen LogP contribution in [0.4, 0.5) is 0 Å². The Morgan fingerprint density at radius 1 is 1.44 bits per heavy atom. The predicted molar refractivity (Wildman–Crippen MR) is 69.0 cm³/mol. The monoisotopic (exact) mass is 248 g/mol. The fourth-order valence-electron chi connectivity index (χ4n) is 2.74. The Labute approximate surface area is 105 Å². The topological polar surface area (TPSA) is 24.5 Å². The van der Waals surface area contributed by atoms with E-state index in [1.165, 1.54) is 38.9 Å². The molecule has 1 N–H and O–H groups in total. The lowest BCUT2D eigenvalue weighted by Gasteiger charge is -2.32. The third kappa shape index (κ3) is 3.88. The lowest BCUT2D eigenvalue weighted by atomic mass is 9.94. The molecule has 0 aromatic carbocycles. The molecule has 0 bridgehead atoms. The van der Waals surface area contributed by atoms with E-state index < -0.39 is 0 Å². The Balaban J connectivity index is 0.00000128. The van der Waals surface area contributed by atoms with Gasteiger partial charge in [0.05, 0.1) is 6.61 Å². The van der Waals surface area contributed by atoms with Crippen LogP contribution < -0.4 is 5.32 Å². The van der Waals surface area contributed by atoms with Crippen molar-refractivity contribution < 1.29 is 4.74 Å². The minimum atomic E-state index is 0. The molecular weight excluding hydrogens is 224 g/mol. The Bertz CT molecular complexity index is 203. The number of nitrogens with one attached hydrogen (secondary N) is 1. The van der Waals surface area contributed by atoms with Gasteiger partial charge in [-0.25, -0.2) is 0 Å². The van der Waals surface area contributed by atoms with E-state index in [1.54, 1.807) is 0 Å². The number of hydrogen-bond acceptors (Lipinski definition) is 3. The van der Waals surface area contributed by atoms with Crippen molar-refractivity contribution in [1.82, 2.24) is 10.2 Å². The van der Waals surface area contributed by atoms with Gasteiger partial charge in [-0.2, -0.15) is 0 Å². The van der Waals surface area contributed by atoms with Crippen molar-refractivity contribution in [2.45, 2.75) is 45.4 Å². The first-order chi connectivity index (χ1) is 7.28. The zero-order valence-electron chi connectivity index (χ0n) is 10.4. The summed E-state index contributed by atoms with van der Waals surface area (Å²) in [6.07, 6.45) is 4.26. The van der Waals surface area contributed by atoms with E-state index in [0.29, 0.717) is 12.3 Å². The predicted octanol–water partition coefficient (Wildman–Crippen LogP) is 1.86. The second-order valence-corrected chi connectivity index (χ2v) is 5.03. The molecule has 2 aliphatic rings. The fourth-order valence-corrected chi connectivity index (χ4v) is 2.74. The zero-order chi connectivity index (χ0) is 10.7. The quantitative estimate of drug-likeness (QED) is 0.825. The maximum absolute atomic E-state index is 5.71. The van der Waals surface area contributed by atoms with E-state index >= 15 is 0 Å². The van der Waals surface area contributed by atoms with E-state index in [9.17, 15) is 0 Å². The molecule has 2 rings (SSSR count). The molecule has 2 fully saturated rings. The van der Waals surface area contributed by atoms with Crippen molar-refractivity contribution in [2.75, 3.05) is 26.2 Å². The van der Waals surface area contributed by atoms with Gasteiger partial charge < -0.3 is 9.64 Å². The number of ether oxygens (including phenoxy) is 1. The van der Waals surface area contributed by atoms with Gasteiger partial charge in [-0.15, -0.1) is 12.4 Å². The van der Waals surface area contributed by atoms with E-state index in [-0.39, 0.29) is 12.4 Å². The van der Waals surface area contributed by atoms with Crippen molar-refractivity contribution in [1.29, 1.82) is 0 Å². The summed E-state index contributed by atoms with van der Waals surface area (Å²) >= 11 is 0. The average molecular weight is 249 g/mol. The Morgan fingerprint density at radius 3 is 2.88 bits per heavy atom. The fraction of sp³-hybridized carbons (Fsp3) is 1.00. The van der Waals surface area contributed by atoms with E-state index in [4.69, 9.17) is 4.74 Å². The number of halogens is 1. The summed E-state index contributed by atoms with van der Waals surface area (Å²) in [6.45, 7) is 9.10. The van der Waals surface area contributed by atoms with Crippen LogP contribution in [-0.4, -0.2) is 43.4 Å². The molecule has 0 spiro atoms. The van der Waals surface area contributed by atoms with Crippen molar-refractivity contribution in [2.24, 2.45) is 5.92 Å². The van der Waals surface area contributed by atoms with E-state index in [0.717, 1.165) is 12.5 Å². The zero-order valence-corrected chi connectivity index (χ0v) is 11.3. The third-order valence-electron chi connectivity index (χ3n) is 3.62. The van der Waals surface area contributed by atoms with Crippen LogP contribution in [0.2, 0.25) is 0 Å². The molecule has 0 aliphatic carbocycles. The van der Waals surface area contributed by atoms with Crippen molar-refractivity contribution in [3.63, 3.8) is 0 Å². The van der Waals surface area contributed by atoms with Gasteiger partial charge in [0.25, 0.3) is 0 Å². The molecule has 2 heterocycles. The molecule has 16 heavy (non-hydrogen) atoms. The van der Waals surface area contributed by atoms with Crippen LogP contribution in [0.25, 0.3) is 0 Å². The standard InChI is InChI=1S/C12H24N2O.ClH/c1-3-14-6-4-5-11(8-14)7-12-13-10(2)9-15-12;/h10-13H,3-9H2,1-2H3;1H. The first-order valence-corrected chi connectivity index (χ1v) is 6.38. The molecule has 96 valence electrons. The summed E-state index contributed by atoms with van der Waals surface area (Å²) < 4.78 is 5.71. The molecule has 2 saturated heterocycles. The minimum Gasteiger partial charge on any atom is -0.362 e. The molecule has 0 saturated carbocycles. The Kier molecular flexibility index (Phi) is 6.05. The second kappa shape index (κ2) is 6.80. The Morgan fingerprint density at radius 2 is 2.25 bits per heavy atom. The van der Waals surface area contributed by atoms with E-state index in [1.807, 2.05) is 0 Å². The van der Waals surface area contributed by atoms with Gasteiger partial charge in [0.1, 0.15) is 6.23 Å². The van der Waals surface area contributed by atoms with Crippen LogP contribution >= 0.6 is 12.4 Å². The lowest BCUT2D eigenvalue weighted by Crippen LogP contribution is -2.38. The normalized spacial score (nSPS) is 36.0. The van der Waals surface area contributed by atoms with Gasteiger partial charge in [-0.3, -0.25) is 5.32 Å². The van der Waals surface area contributed by atoms with Crippen LogP contribution in [0.15, 0.2) is 0 Å². The highest BCUT2D eigenvalue weighted by Gasteiger charge is 2.26. The van der Waals surface area contributed by atoms with Gasteiger partial charge in [-0.1, -0.05) is 6.92 Å². The van der Waals surface area contributed by atoms with Crippen molar-refractivity contribution >= 4 is 12.4 Å². The van der Waals surface area contributed by atoms with Gasteiger partial charge in [0.2, 0.25) is 0 Å². The van der Waals surface area contributed by atoms with Gasteiger partial charge in [0, 0.05) is 12.6 Å². The molecule has 3 unspecified atom stereocenters. The average Bonchev–Trinajstić information content (AvgIpc) is 2.64. The van der Waals surface area contributed by atoms with Gasteiger partial charge >= 0.3 is 0 Å². The van der Waals surface area contributed by atoms with Crippen molar-refractivity contribution in [3.05, 3.63) is 0 Å². The van der Waals surface area contributed by atoms with Crippen LogP contribution in [0.3, 0.4) is 0 Å². The van der Waals surface area contributed by atoms with Gasteiger partial charge in [-0.05, 0) is 45.2 Å². The highest BCUT2D eigenvalue weighted by Crippen LogP contribution is 2.22. The van der Waals surface area contributed by atoms with Crippen LogP contribution in [0.1, 0.15) is 33.1 Å². The summed E-state index contributed by atoms with van der Waals surface area (Å²) in [5, 5.41) is 3.49. The molecular formula is C12H25ClN2O. The highest BCUT2D eigenvalue weighted by atomic mass is 35.5. The minimum absolute atomic E-state index is 0.